The van der Waals surface area contributed by atoms with Crippen molar-refractivity contribution in [3.63, 3.8) is 0 Å². The number of likely N-dealkylation sites (tertiary alicyclic amines) is 1. The molecular weight excluding hydrogens is 352 g/mol. The molecule has 2 atom stereocenters. The third kappa shape index (κ3) is 5.13. The van der Waals surface area contributed by atoms with Gasteiger partial charge < -0.3 is 19.7 Å². The van der Waals surface area contributed by atoms with Gasteiger partial charge >= 0.3 is 0 Å². The second-order valence-electron chi connectivity index (χ2n) is 8.64. The average Bonchev–Trinajstić information content (AvgIpc) is 3.40. The molecule has 3 aliphatic rings. The molecule has 0 bridgehead atoms. The van der Waals surface area contributed by atoms with Gasteiger partial charge in [-0.25, -0.2) is 0 Å². The number of nitrogens with zero attached hydrogens (tertiary/aromatic N) is 1. The van der Waals surface area contributed by atoms with E-state index in [1.54, 1.807) is 0 Å². The van der Waals surface area contributed by atoms with Crippen LogP contribution in [0.3, 0.4) is 0 Å². The van der Waals surface area contributed by atoms with Gasteiger partial charge in [-0.3, -0.25) is 4.79 Å². The first-order valence-corrected chi connectivity index (χ1v) is 11.1. The lowest BCUT2D eigenvalue weighted by Gasteiger charge is -2.39. The number of benzene rings is 1. The average molecular weight is 387 g/mol. The summed E-state index contributed by atoms with van der Waals surface area (Å²) < 4.78 is 11.9. The minimum absolute atomic E-state index is 0.0373. The zero-order valence-corrected chi connectivity index (χ0v) is 16.9. The topological polar surface area (TPSA) is 50.8 Å². The quantitative estimate of drug-likeness (QED) is 0.783. The van der Waals surface area contributed by atoms with Crippen molar-refractivity contribution in [2.24, 2.45) is 0 Å². The number of hydrogen-bond donors (Lipinski definition) is 1. The van der Waals surface area contributed by atoms with E-state index in [0.29, 0.717) is 13.2 Å². The van der Waals surface area contributed by atoms with Gasteiger partial charge in [-0.2, -0.15) is 0 Å². The molecule has 1 aromatic rings. The van der Waals surface area contributed by atoms with Crippen LogP contribution in [-0.4, -0.2) is 61.4 Å². The lowest BCUT2D eigenvalue weighted by atomic mass is 9.88. The number of hydrogen-bond acceptors (Lipinski definition) is 4. The van der Waals surface area contributed by atoms with E-state index in [-0.39, 0.29) is 23.7 Å². The smallest absolute Gasteiger partial charge is 0.249 e. The van der Waals surface area contributed by atoms with Crippen LogP contribution >= 0.6 is 0 Å². The Hall–Kier alpha value is -1.43. The predicted molar refractivity (Wildman–Crippen MR) is 109 cm³/mol. The normalized spacial score (nSPS) is 27.3. The minimum atomic E-state index is -0.241. The van der Waals surface area contributed by atoms with Gasteiger partial charge in [0.1, 0.15) is 6.10 Å². The molecule has 3 saturated heterocycles. The Kier molecular flexibility index (Phi) is 6.65. The van der Waals surface area contributed by atoms with Gasteiger partial charge in [-0.1, -0.05) is 30.3 Å². The van der Waals surface area contributed by atoms with Crippen molar-refractivity contribution in [1.29, 1.82) is 0 Å². The first-order valence-electron chi connectivity index (χ1n) is 11.1. The lowest BCUT2D eigenvalue weighted by Crippen LogP contribution is -2.45. The van der Waals surface area contributed by atoms with E-state index in [0.717, 1.165) is 58.0 Å². The number of nitrogens with one attached hydrogen (secondary N) is 1. The number of rotatable bonds is 7. The molecule has 1 N–H and O–H groups in total. The first kappa shape index (κ1) is 19.9. The highest BCUT2D eigenvalue weighted by molar-refractivity contribution is 5.80. The van der Waals surface area contributed by atoms with E-state index < -0.39 is 0 Å². The van der Waals surface area contributed by atoms with Crippen molar-refractivity contribution in [3.8, 4) is 0 Å². The summed E-state index contributed by atoms with van der Waals surface area (Å²) in [5.41, 5.74) is 1.48. The summed E-state index contributed by atoms with van der Waals surface area (Å²) in [6.07, 6.45) is 8.56. The van der Waals surface area contributed by atoms with Gasteiger partial charge in [-0.05, 0) is 63.5 Å². The third-order valence-electron chi connectivity index (χ3n) is 6.61. The highest BCUT2D eigenvalue weighted by Crippen LogP contribution is 2.38. The Labute approximate surface area is 168 Å². The summed E-state index contributed by atoms with van der Waals surface area (Å²) in [6, 6.07) is 10.8. The van der Waals surface area contributed by atoms with Gasteiger partial charge in [0.25, 0.3) is 0 Å². The summed E-state index contributed by atoms with van der Waals surface area (Å²) in [5.74, 6) is 0.0373. The van der Waals surface area contributed by atoms with E-state index in [1.165, 1.54) is 18.5 Å². The minimum Gasteiger partial charge on any atom is -0.370 e. The van der Waals surface area contributed by atoms with Crippen LogP contribution in [0.1, 0.15) is 50.5 Å². The fourth-order valence-electron chi connectivity index (χ4n) is 4.86. The van der Waals surface area contributed by atoms with E-state index in [4.69, 9.17) is 9.47 Å². The fourth-order valence-corrected chi connectivity index (χ4v) is 4.86. The molecule has 5 nitrogen and oxygen atoms in total. The second kappa shape index (κ2) is 9.38. The highest BCUT2D eigenvalue weighted by atomic mass is 16.5. The van der Waals surface area contributed by atoms with E-state index in [2.05, 4.69) is 40.5 Å². The lowest BCUT2D eigenvalue weighted by molar-refractivity contribution is -0.131. The van der Waals surface area contributed by atoms with Gasteiger partial charge in [0, 0.05) is 26.2 Å². The Balaban J connectivity index is 1.14. The number of carbonyl (C=O) groups excluding carboxylic acids is 1. The standard InChI is InChI=1S/C23H34N2O3/c26-22(21-9-5-17-27-21)24-18-20-10-11-23(28-20)12-15-25(16-13-23)14-4-8-19-6-2-1-3-7-19/h1-3,6-7,20-21H,4-5,8-18H2,(H,24,26). The molecule has 0 radical (unpaired) electrons. The predicted octanol–water partition coefficient (Wildman–Crippen LogP) is 2.93. The summed E-state index contributed by atoms with van der Waals surface area (Å²) in [5, 5.41) is 3.04. The molecular formula is C23H34N2O3. The molecule has 0 aromatic heterocycles. The van der Waals surface area contributed by atoms with Gasteiger partial charge in [0.05, 0.1) is 11.7 Å². The summed E-state index contributed by atoms with van der Waals surface area (Å²) >= 11 is 0. The van der Waals surface area contributed by atoms with Crippen LogP contribution in [0, 0.1) is 0 Å². The summed E-state index contributed by atoms with van der Waals surface area (Å²) in [4.78, 5) is 14.7. The molecule has 1 spiro atoms. The summed E-state index contributed by atoms with van der Waals surface area (Å²) in [6.45, 7) is 4.77. The Morgan fingerprint density at radius 2 is 1.96 bits per heavy atom. The van der Waals surface area contributed by atoms with Crippen molar-refractivity contribution in [1.82, 2.24) is 10.2 Å². The van der Waals surface area contributed by atoms with Crippen molar-refractivity contribution in [2.45, 2.75) is 69.2 Å². The third-order valence-corrected chi connectivity index (χ3v) is 6.61. The first-order chi connectivity index (χ1) is 13.7. The fraction of sp³-hybridized carbons (Fsp3) is 0.696. The Morgan fingerprint density at radius 1 is 1.14 bits per heavy atom. The molecule has 1 aromatic carbocycles. The van der Waals surface area contributed by atoms with Crippen molar-refractivity contribution in [3.05, 3.63) is 35.9 Å². The van der Waals surface area contributed by atoms with E-state index in [1.807, 2.05) is 0 Å². The van der Waals surface area contributed by atoms with Gasteiger partial charge in [-0.15, -0.1) is 0 Å². The van der Waals surface area contributed by atoms with Gasteiger partial charge in [0.15, 0.2) is 0 Å². The molecule has 4 rings (SSSR count). The summed E-state index contributed by atoms with van der Waals surface area (Å²) in [7, 11) is 0. The van der Waals surface area contributed by atoms with E-state index >= 15 is 0 Å². The molecule has 0 saturated carbocycles. The number of amides is 1. The van der Waals surface area contributed by atoms with E-state index in [9.17, 15) is 4.79 Å². The molecule has 1 amide bonds. The molecule has 3 heterocycles. The zero-order valence-electron chi connectivity index (χ0n) is 16.9. The molecule has 28 heavy (non-hydrogen) atoms. The van der Waals surface area contributed by atoms with Crippen molar-refractivity contribution in [2.75, 3.05) is 32.8 Å². The maximum Gasteiger partial charge on any atom is 0.249 e. The number of piperidine rings is 1. The van der Waals surface area contributed by atoms with Crippen molar-refractivity contribution < 1.29 is 14.3 Å². The van der Waals surface area contributed by atoms with Crippen molar-refractivity contribution >= 4 is 5.91 Å². The molecule has 154 valence electrons. The SMILES string of the molecule is O=C(NCC1CCC2(CCN(CCCc3ccccc3)CC2)O1)C1CCCO1. The van der Waals surface area contributed by atoms with Crippen LogP contribution in [0.2, 0.25) is 0 Å². The second-order valence-corrected chi connectivity index (χ2v) is 8.64. The molecule has 5 heteroatoms. The Morgan fingerprint density at radius 3 is 2.71 bits per heavy atom. The van der Waals surface area contributed by atoms with Crippen LogP contribution in [-0.2, 0) is 20.7 Å². The molecule has 2 unspecified atom stereocenters. The van der Waals surface area contributed by atoms with Crippen LogP contribution in [0.15, 0.2) is 30.3 Å². The molecule has 3 fully saturated rings. The van der Waals surface area contributed by atoms with Crippen LogP contribution in [0.5, 0.6) is 0 Å². The maximum absolute atomic E-state index is 12.1. The number of ether oxygens (including phenoxy) is 2. The number of carbonyl (C=O) groups is 1. The largest absolute Gasteiger partial charge is 0.370 e. The Bertz CT molecular complexity index is 622. The molecule has 3 aliphatic heterocycles. The molecule has 0 aliphatic carbocycles. The van der Waals surface area contributed by atoms with Gasteiger partial charge in [0.2, 0.25) is 5.91 Å². The van der Waals surface area contributed by atoms with Crippen LogP contribution in [0.25, 0.3) is 0 Å². The van der Waals surface area contributed by atoms with Crippen LogP contribution < -0.4 is 5.32 Å². The monoisotopic (exact) mass is 386 g/mol. The maximum atomic E-state index is 12.1. The highest BCUT2D eigenvalue weighted by Gasteiger charge is 2.42. The van der Waals surface area contributed by atoms with Crippen LogP contribution in [0.4, 0.5) is 0 Å². The number of aryl methyl sites for hydroxylation is 1. The zero-order chi connectivity index (χ0) is 19.2.